The van der Waals surface area contributed by atoms with Crippen LogP contribution in [0.25, 0.3) is 10.9 Å². The van der Waals surface area contributed by atoms with Gasteiger partial charge in [0, 0.05) is 69.5 Å². The molecule has 1 N–H and O–H groups in total. The predicted octanol–water partition coefficient (Wildman–Crippen LogP) is 4.07. The van der Waals surface area contributed by atoms with E-state index in [-0.39, 0.29) is 18.0 Å². The Morgan fingerprint density at radius 3 is 2.46 bits per heavy atom. The predicted molar refractivity (Wildman–Crippen MR) is 148 cm³/mol. The number of benzene rings is 2. The third-order valence-electron chi connectivity index (χ3n) is 7.53. The van der Waals surface area contributed by atoms with Crippen molar-refractivity contribution in [3.05, 3.63) is 69.8 Å². The number of piperazine rings is 1. The Morgan fingerprint density at radius 1 is 1.00 bits per heavy atom. The van der Waals surface area contributed by atoms with Gasteiger partial charge < -0.3 is 14.8 Å². The molecule has 0 radical (unpaired) electrons. The van der Waals surface area contributed by atoms with E-state index < -0.39 is 10.0 Å². The summed E-state index contributed by atoms with van der Waals surface area (Å²) in [5, 5.41) is 2.18. The highest BCUT2D eigenvalue weighted by Gasteiger charge is 2.40. The fraction of sp³-hybridized carbons (Fsp3) is 0.423. The average Bonchev–Trinajstić information content (AvgIpc) is 3.52. The molecule has 2 aliphatic heterocycles. The minimum atomic E-state index is -3.26. The van der Waals surface area contributed by atoms with Gasteiger partial charge in [-0.25, -0.2) is 13.2 Å². The van der Waals surface area contributed by atoms with E-state index in [9.17, 15) is 13.2 Å². The molecule has 3 aromatic rings. The molecule has 37 heavy (non-hydrogen) atoms. The molecule has 8 nitrogen and oxygen atoms in total. The molecule has 2 aromatic carbocycles. The monoisotopic (exact) mass is 563 g/mol. The van der Waals surface area contributed by atoms with Crippen molar-refractivity contribution in [3.8, 4) is 0 Å². The van der Waals surface area contributed by atoms with Crippen molar-refractivity contribution in [2.24, 2.45) is 0 Å². The van der Waals surface area contributed by atoms with Gasteiger partial charge in [-0.1, -0.05) is 41.4 Å². The maximum Gasteiger partial charge on any atom is 0.320 e. The van der Waals surface area contributed by atoms with Crippen LogP contribution in [-0.2, 0) is 16.6 Å². The van der Waals surface area contributed by atoms with E-state index in [2.05, 4.69) is 41.2 Å². The zero-order chi connectivity index (χ0) is 26.3. The first-order chi connectivity index (χ1) is 17.6. The average molecular weight is 565 g/mol. The van der Waals surface area contributed by atoms with Crippen LogP contribution in [0.4, 0.5) is 4.79 Å². The highest BCUT2D eigenvalue weighted by atomic mass is 35.5. The first-order valence-electron chi connectivity index (χ1n) is 12.3. The van der Waals surface area contributed by atoms with E-state index in [4.69, 9.17) is 23.2 Å². The van der Waals surface area contributed by atoms with E-state index in [0.717, 1.165) is 17.6 Å². The Morgan fingerprint density at radius 2 is 1.76 bits per heavy atom. The number of aromatic nitrogens is 1. The number of likely N-dealkylation sites (tertiary alicyclic amines) is 1. The summed E-state index contributed by atoms with van der Waals surface area (Å²) in [4.78, 5) is 22.7. The van der Waals surface area contributed by atoms with Crippen molar-refractivity contribution in [2.45, 2.75) is 18.5 Å². The van der Waals surface area contributed by atoms with E-state index in [0.29, 0.717) is 49.3 Å². The van der Waals surface area contributed by atoms with Gasteiger partial charge in [0.25, 0.3) is 0 Å². The van der Waals surface area contributed by atoms with E-state index in [1.165, 1.54) is 21.5 Å². The molecule has 0 saturated carbocycles. The standard InChI is InChI=1S/C26H31Cl2N5O3S/c1-30(15-18-3-4-19-7-8-29-24(19)13-18)25-17-32(16-21(25)20-5-6-22(27)23(28)14-20)26(34)31-9-11-33(12-10-31)37(2,35)36/h3-8,13-14,21,25,29H,9-12,15-17H2,1-2H3/t21-,25+/m1/s1. The number of nitrogens with one attached hydrogen (secondary N) is 1. The summed E-state index contributed by atoms with van der Waals surface area (Å²) in [6, 6.07) is 14.2. The fourth-order valence-corrected chi connectivity index (χ4v) is 6.60. The number of hydrogen-bond donors (Lipinski definition) is 1. The maximum absolute atomic E-state index is 13.5. The zero-order valence-corrected chi connectivity index (χ0v) is 23.2. The molecule has 0 aliphatic carbocycles. The number of hydrogen-bond acceptors (Lipinski definition) is 4. The summed E-state index contributed by atoms with van der Waals surface area (Å²) in [6.45, 7) is 3.25. The lowest BCUT2D eigenvalue weighted by molar-refractivity contribution is 0.138. The van der Waals surface area contributed by atoms with E-state index in [1.807, 2.05) is 29.3 Å². The normalized spacial score (nSPS) is 21.3. The minimum Gasteiger partial charge on any atom is -0.361 e. The number of fused-ring (bicyclic) bond motifs is 1. The molecule has 2 atom stereocenters. The molecule has 11 heteroatoms. The number of sulfonamides is 1. The van der Waals surface area contributed by atoms with Crippen LogP contribution in [0.1, 0.15) is 17.0 Å². The number of urea groups is 1. The molecule has 0 unspecified atom stereocenters. The summed E-state index contributed by atoms with van der Waals surface area (Å²) in [7, 11) is -1.17. The topological polar surface area (TPSA) is 80.0 Å². The van der Waals surface area contributed by atoms with Gasteiger partial charge in [-0.15, -0.1) is 0 Å². The summed E-state index contributed by atoms with van der Waals surface area (Å²) in [5.41, 5.74) is 3.33. The molecule has 198 valence electrons. The van der Waals surface area contributed by atoms with Crippen LogP contribution in [0.5, 0.6) is 0 Å². The number of carbonyl (C=O) groups excluding carboxylic acids is 1. The SMILES string of the molecule is CN(Cc1ccc2cc[nH]c2c1)[C@H]1CN(C(=O)N2CCN(S(C)(=O)=O)CC2)C[C@@H]1c1ccc(Cl)c(Cl)c1. The summed E-state index contributed by atoms with van der Waals surface area (Å²) in [5.74, 6) is 0.0512. The first-order valence-corrected chi connectivity index (χ1v) is 14.9. The Kier molecular flexibility index (Phi) is 7.44. The minimum absolute atomic E-state index is 0.0512. The second kappa shape index (κ2) is 10.5. The van der Waals surface area contributed by atoms with Crippen molar-refractivity contribution in [1.82, 2.24) is 24.0 Å². The molecule has 0 spiro atoms. The Hall–Kier alpha value is -2.30. The quantitative estimate of drug-likeness (QED) is 0.507. The number of aromatic amines is 1. The van der Waals surface area contributed by atoms with Crippen molar-refractivity contribution < 1.29 is 13.2 Å². The smallest absolute Gasteiger partial charge is 0.320 e. The van der Waals surface area contributed by atoms with Crippen molar-refractivity contribution in [3.63, 3.8) is 0 Å². The highest BCUT2D eigenvalue weighted by Crippen LogP contribution is 2.35. The summed E-state index contributed by atoms with van der Waals surface area (Å²) in [6.07, 6.45) is 3.15. The number of rotatable bonds is 5. The van der Waals surface area contributed by atoms with Gasteiger partial charge in [0.1, 0.15) is 0 Å². The molecule has 0 bridgehead atoms. The summed E-state index contributed by atoms with van der Waals surface area (Å²) >= 11 is 12.6. The van der Waals surface area contributed by atoms with Gasteiger partial charge in [-0.05, 0) is 47.8 Å². The van der Waals surface area contributed by atoms with Gasteiger partial charge in [0.05, 0.1) is 16.3 Å². The van der Waals surface area contributed by atoms with Gasteiger partial charge in [-0.3, -0.25) is 4.90 Å². The number of carbonyl (C=O) groups is 1. The summed E-state index contributed by atoms with van der Waals surface area (Å²) < 4.78 is 25.2. The molecule has 2 fully saturated rings. The van der Waals surface area contributed by atoms with Crippen LogP contribution < -0.4 is 0 Å². The maximum atomic E-state index is 13.5. The van der Waals surface area contributed by atoms with Crippen LogP contribution in [-0.4, -0.2) is 97.1 Å². The van der Waals surface area contributed by atoms with Crippen molar-refractivity contribution >= 4 is 50.2 Å². The molecule has 3 heterocycles. The number of halogens is 2. The lowest BCUT2D eigenvalue weighted by atomic mass is 9.93. The molecule has 2 aliphatic rings. The van der Waals surface area contributed by atoms with Crippen LogP contribution in [0.2, 0.25) is 10.0 Å². The van der Waals surface area contributed by atoms with Crippen LogP contribution in [0.15, 0.2) is 48.7 Å². The van der Waals surface area contributed by atoms with E-state index >= 15 is 0 Å². The largest absolute Gasteiger partial charge is 0.361 e. The molecule has 5 rings (SSSR count). The number of H-pyrrole nitrogens is 1. The van der Waals surface area contributed by atoms with Gasteiger partial charge in [-0.2, -0.15) is 4.31 Å². The molecule has 2 amide bonds. The van der Waals surface area contributed by atoms with Crippen molar-refractivity contribution in [1.29, 1.82) is 0 Å². The number of amides is 2. The Balaban J connectivity index is 1.35. The lowest BCUT2D eigenvalue weighted by Crippen LogP contribution is -2.53. The Labute approximate surface area is 227 Å². The van der Waals surface area contributed by atoms with Crippen LogP contribution >= 0.6 is 23.2 Å². The molecular weight excluding hydrogens is 533 g/mol. The van der Waals surface area contributed by atoms with Gasteiger partial charge in [0.2, 0.25) is 10.0 Å². The Bertz CT molecular complexity index is 1400. The number of likely N-dealkylation sites (N-methyl/N-ethyl adjacent to an activating group) is 1. The molecule has 1 aromatic heterocycles. The van der Waals surface area contributed by atoms with Crippen LogP contribution in [0, 0.1) is 0 Å². The molecular formula is C26H31Cl2N5O3S. The number of nitrogens with zero attached hydrogens (tertiary/aromatic N) is 4. The second-order valence-electron chi connectivity index (χ2n) is 10.00. The molecule has 2 saturated heterocycles. The third-order valence-corrected chi connectivity index (χ3v) is 9.57. The zero-order valence-electron chi connectivity index (χ0n) is 20.9. The first kappa shape index (κ1) is 26.3. The fourth-order valence-electron chi connectivity index (χ4n) is 5.47. The van der Waals surface area contributed by atoms with Crippen LogP contribution in [0.3, 0.4) is 0 Å². The van der Waals surface area contributed by atoms with Crippen molar-refractivity contribution in [2.75, 3.05) is 52.6 Å². The van der Waals surface area contributed by atoms with E-state index in [1.54, 1.807) is 4.90 Å². The van der Waals surface area contributed by atoms with Gasteiger partial charge in [0.15, 0.2) is 0 Å². The third kappa shape index (κ3) is 5.61. The van der Waals surface area contributed by atoms with Gasteiger partial charge >= 0.3 is 6.03 Å². The highest BCUT2D eigenvalue weighted by molar-refractivity contribution is 7.88. The second-order valence-corrected chi connectivity index (χ2v) is 12.8. The lowest BCUT2D eigenvalue weighted by Gasteiger charge is -2.35.